The van der Waals surface area contributed by atoms with Gasteiger partial charge in [0.15, 0.2) is 0 Å². The molecule has 1 aromatic carbocycles. The van der Waals surface area contributed by atoms with Gasteiger partial charge in [-0.2, -0.15) is 15.4 Å². The van der Waals surface area contributed by atoms with Crippen LogP contribution in [0.2, 0.25) is 0 Å². The Balaban J connectivity index is 2.44. The number of halogens is 1. The second kappa shape index (κ2) is 4.38. The Morgan fingerprint density at radius 2 is 2.31 bits per heavy atom. The van der Waals surface area contributed by atoms with Gasteiger partial charge in [-0.25, -0.2) is 9.82 Å². The number of aromatic nitrogens is 3. The summed E-state index contributed by atoms with van der Waals surface area (Å²) >= 11 is 0. The summed E-state index contributed by atoms with van der Waals surface area (Å²) in [5, 5.41) is 10.0. The van der Waals surface area contributed by atoms with E-state index in [4.69, 9.17) is 5.84 Å². The molecular weight excluding hydrogens is 209 g/mol. The second-order valence-electron chi connectivity index (χ2n) is 3.52. The molecule has 0 aliphatic rings. The first-order valence-corrected chi connectivity index (χ1v) is 4.80. The summed E-state index contributed by atoms with van der Waals surface area (Å²) in [5.74, 6) is 5.09. The summed E-state index contributed by atoms with van der Waals surface area (Å²) in [6.07, 6.45) is 1.51. The van der Waals surface area contributed by atoms with Crippen LogP contribution in [0, 0.1) is 12.7 Å². The number of hydrazine groups is 1. The smallest absolute Gasteiger partial charge is 0.128 e. The summed E-state index contributed by atoms with van der Waals surface area (Å²) in [6.45, 7) is 1.89. The lowest BCUT2D eigenvalue weighted by atomic mass is 10.0. The number of H-pyrrole nitrogens is 1. The maximum absolute atomic E-state index is 13.6. The molecule has 0 saturated heterocycles. The third-order valence-electron chi connectivity index (χ3n) is 2.36. The SMILES string of the molecule is Cc1ccc(F)c(C(NN)c2cn[nH]n2)c1. The number of hydrogen-bond acceptors (Lipinski definition) is 4. The van der Waals surface area contributed by atoms with Gasteiger partial charge in [0.2, 0.25) is 0 Å². The molecule has 0 fully saturated rings. The van der Waals surface area contributed by atoms with Crippen LogP contribution in [0.5, 0.6) is 0 Å². The lowest BCUT2D eigenvalue weighted by molar-refractivity contribution is 0.552. The van der Waals surface area contributed by atoms with Gasteiger partial charge in [-0.1, -0.05) is 17.7 Å². The number of hydrogen-bond donors (Lipinski definition) is 3. The largest absolute Gasteiger partial charge is 0.271 e. The molecule has 0 saturated carbocycles. The van der Waals surface area contributed by atoms with Gasteiger partial charge < -0.3 is 0 Å². The van der Waals surface area contributed by atoms with Crippen molar-refractivity contribution in [2.75, 3.05) is 0 Å². The molecule has 6 heteroatoms. The molecule has 1 atom stereocenters. The van der Waals surface area contributed by atoms with Gasteiger partial charge in [0.1, 0.15) is 11.5 Å². The van der Waals surface area contributed by atoms with E-state index in [2.05, 4.69) is 20.8 Å². The summed E-state index contributed by atoms with van der Waals surface area (Å²) in [7, 11) is 0. The molecular formula is C10H12FN5. The van der Waals surface area contributed by atoms with Crippen molar-refractivity contribution in [1.29, 1.82) is 0 Å². The minimum absolute atomic E-state index is 0.323. The molecule has 84 valence electrons. The van der Waals surface area contributed by atoms with Crippen LogP contribution in [0.3, 0.4) is 0 Å². The summed E-state index contributed by atoms with van der Waals surface area (Å²) in [4.78, 5) is 0. The molecule has 0 amide bonds. The van der Waals surface area contributed by atoms with Crippen LogP contribution in [0.15, 0.2) is 24.4 Å². The van der Waals surface area contributed by atoms with Gasteiger partial charge in [-0.15, -0.1) is 0 Å². The molecule has 5 nitrogen and oxygen atoms in total. The van der Waals surface area contributed by atoms with Crippen LogP contribution in [0.25, 0.3) is 0 Å². The zero-order valence-corrected chi connectivity index (χ0v) is 8.74. The van der Waals surface area contributed by atoms with E-state index in [9.17, 15) is 4.39 Å². The Morgan fingerprint density at radius 1 is 1.50 bits per heavy atom. The van der Waals surface area contributed by atoms with E-state index in [1.165, 1.54) is 12.3 Å². The topological polar surface area (TPSA) is 79.6 Å². The highest BCUT2D eigenvalue weighted by molar-refractivity contribution is 5.31. The average Bonchev–Trinajstić information content (AvgIpc) is 2.78. The Hall–Kier alpha value is -1.79. The van der Waals surface area contributed by atoms with E-state index < -0.39 is 6.04 Å². The predicted octanol–water partition coefficient (Wildman–Crippen LogP) is 0.805. The molecule has 0 radical (unpaired) electrons. The van der Waals surface area contributed by atoms with Crippen LogP contribution in [0.1, 0.15) is 22.9 Å². The number of nitrogens with one attached hydrogen (secondary N) is 2. The van der Waals surface area contributed by atoms with Gasteiger partial charge in [0.25, 0.3) is 0 Å². The zero-order chi connectivity index (χ0) is 11.5. The highest BCUT2D eigenvalue weighted by Gasteiger charge is 2.18. The summed E-state index contributed by atoms with van der Waals surface area (Å²) in [6, 6.07) is 4.34. The normalized spacial score (nSPS) is 12.7. The lowest BCUT2D eigenvalue weighted by Crippen LogP contribution is -2.29. The molecule has 1 aromatic heterocycles. The number of aromatic amines is 1. The van der Waals surface area contributed by atoms with Gasteiger partial charge in [0, 0.05) is 5.56 Å². The Kier molecular flexibility index (Phi) is 2.93. The first kappa shape index (κ1) is 10.7. The van der Waals surface area contributed by atoms with Crippen LogP contribution in [-0.4, -0.2) is 15.4 Å². The van der Waals surface area contributed by atoms with E-state index in [1.807, 2.05) is 6.92 Å². The van der Waals surface area contributed by atoms with Gasteiger partial charge in [-0.3, -0.25) is 5.84 Å². The zero-order valence-electron chi connectivity index (χ0n) is 8.74. The fourth-order valence-electron chi connectivity index (χ4n) is 1.57. The number of nitrogens with zero attached hydrogens (tertiary/aromatic N) is 2. The molecule has 0 aliphatic carbocycles. The third-order valence-corrected chi connectivity index (χ3v) is 2.36. The van der Waals surface area contributed by atoms with Crippen molar-refractivity contribution in [1.82, 2.24) is 20.8 Å². The van der Waals surface area contributed by atoms with Crippen molar-refractivity contribution in [3.63, 3.8) is 0 Å². The Morgan fingerprint density at radius 3 is 2.94 bits per heavy atom. The second-order valence-corrected chi connectivity index (χ2v) is 3.52. The molecule has 4 N–H and O–H groups in total. The van der Waals surface area contributed by atoms with Crippen molar-refractivity contribution in [3.8, 4) is 0 Å². The molecule has 16 heavy (non-hydrogen) atoms. The standard InChI is InChI=1S/C10H12FN5/c1-6-2-3-8(11)7(4-6)10(14-12)9-5-13-16-15-9/h2-5,10,14H,12H2,1H3,(H,13,15,16). The minimum Gasteiger partial charge on any atom is -0.271 e. The molecule has 0 spiro atoms. The molecule has 0 bridgehead atoms. The monoisotopic (exact) mass is 221 g/mol. The predicted molar refractivity (Wildman–Crippen MR) is 56.7 cm³/mol. The van der Waals surface area contributed by atoms with Crippen LogP contribution in [-0.2, 0) is 0 Å². The molecule has 2 aromatic rings. The summed E-state index contributed by atoms with van der Waals surface area (Å²) in [5.41, 5.74) is 4.49. The fourth-order valence-corrected chi connectivity index (χ4v) is 1.57. The number of aryl methyl sites for hydroxylation is 1. The maximum Gasteiger partial charge on any atom is 0.128 e. The van der Waals surface area contributed by atoms with E-state index in [0.717, 1.165) is 5.56 Å². The summed E-state index contributed by atoms with van der Waals surface area (Å²) < 4.78 is 13.6. The van der Waals surface area contributed by atoms with Crippen LogP contribution >= 0.6 is 0 Å². The highest BCUT2D eigenvalue weighted by atomic mass is 19.1. The molecule has 0 aliphatic heterocycles. The van der Waals surface area contributed by atoms with Crippen molar-refractivity contribution >= 4 is 0 Å². The van der Waals surface area contributed by atoms with Crippen molar-refractivity contribution in [2.24, 2.45) is 5.84 Å². The van der Waals surface area contributed by atoms with E-state index in [1.54, 1.807) is 12.1 Å². The number of rotatable bonds is 3. The van der Waals surface area contributed by atoms with Gasteiger partial charge in [-0.05, 0) is 13.0 Å². The first-order chi connectivity index (χ1) is 7.72. The van der Waals surface area contributed by atoms with Gasteiger partial charge in [0.05, 0.1) is 12.2 Å². The van der Waals surface area contributed by atoms with E-state index >= 15 is 0 Å². The number of nitrogens with two attached hydrogens (primary N) is 1. The minimum atomic E-state index is -0.501. The molecule has 2 rings (SSSR count). The van der Waals surface area contributed by atoms with Crippen LogP contribution in [0.4, 0.5) is 4.39 Å². The Bertz CT molecular complexity index is 468. The quantitative estimate of drug-likeness (QED) is 0.529. The van der Waals surface area contributed by atoms with Crippen molar-refractivity contribution in [3.05, 3.63) is 47.0 Å². The molecule has 1 unspecified atom stereocenters. The first-order valence-electron chi connectivity index (χ1n) is 4.80. The average molecular weight is 221 g/mol. The third kappa shape index (κ3) is 1.93. The van der Waals surface area contributed by atoms with E-state index in [0.29, 0.717) is 11.3 Å². The van der Waals surface area contributed by atoms with Gasteiger partial charge >= 0.3 is 0 Å². The lowest BCUT2D eigenvalue weighted by Gasteiger charge is -2.14. The van der Waals surface area contributed by atoms with E-state index in [-0.39, 0.29) is 5.82 Å². The maximum atomic E-state index is 13.6. The highest BCUT2D eigenvalue weighted by Crippen LogP contribution is 2.22. The Labute approximate surface area is 91.8 Å². The van der Waals surface area contributed by atoms with Crippen molar-refractivity contribution < 1.29 is 4.39 Å². The molecule has 1 heterocycles. The van der Waals surface area contributed by atoms with Crippen molar-refractivity contribution in [2.45, 2.75) is 13.0 Å². The number of benzene rings is 1. The van der Waals surface area contributed by atoms with Crippen LogP contribution < -0.4 is 11.3 Å². The fraction of sp³-hybridized carbons (Fsp3) is 0.200.